The van der Waals surface area contributed by atoms with Gasteiger partial charge in [-0.25, -0.2) is 9.97 Å². The summed E-state index contributed by atoms with van der Waals surface area (Å²) in [4.78, 5) is 22.4. The zero-order valence-corrected chi connectivity index (χ0v) is 17.5. The summed E-state index contributed by atoms with van der Waals surface area (Å²) in [7, 11) is 0. The minimum Gasteiger partial charge on any atom is -0.460 e. The third-order valence-electron chi connectivity index (χ3n) is 6.41. The van der Waals surface area contributed by atoms with Gasteiger partial charge in [0.2, 0.25) is 0 Å². The van der Waals surface area contributed by atoms with Gasteiger partial charge in [0.15, 0.2) is 0 Å². The van der Waals surface area contributed by atoms with Gasteiger partial charge < -0.3 is 4.42 Å². The van der Waals surface area contributed by atoms with E-state index in [9.17, 15) is 10.1 Å². The Balaban J connectivity index is 1.24. The molecule has 1 fully saturated rings. The molecule has 3 heterocycles. The van der Waals surface area contributed by atoms with E-state index in [1.807, 2.05) is 18.3 Å². The Kier molecular flexibility index (Phi) is 5.51. The maximum atomic E-state index is 10.8. The molecular weight excluding hydrogens is 392 g/mol. The van der Waals surface area contributed by atoms with Crippen LogP contribution in [0, 0.1) is 10.1 Å². The van der Waals surface area contributed by atoms with Crippen molar-refractivity contribution in [3.63, 3.8) is 0 Å². The summed E-state index contributed by atoms with van der Waals surface area (Å²) >= 11 is 0. The smallest absolute Gasteiger partial charge is 0.269 e. The van der Waals surface area contributed by atoms with Crippen LogP contribution < -0.4 is 0 Å². The van der Waals surface area contributed by atoms with Crippen molar-refractivity contribution in [2.24, 2.45) is 0 Å². The van der Waals surface area contributed by atoms with Gasteiger partial charge in [0.25, 0.3) is 5.69 Å². The average Bonchev–Trinajstić information content (AvgIpc) is 3.28. The molecule has 0 radical (unpaired) electrons. The molecule has 0 bridgehead atoms. The predicted molar refractivity (Wildman–Crippen MR) is 116 cm³/mol. The van der Waals surface area contributed by atoms with Crippen LogP contribution >= 0.6 is 0 Å². The first-order valence-electron chi connectivity index (χ1n) is 11.1. The molecule has 0 saturated heterocycles. The van der Waals surface area contributed by atoms with Crippen molar-refractivity contribution in [1.29, 1.82) is 0 Å². The number of hydrogen-bond acceptors (Lipinski definition) is 6. The lowest BCUT2D eigenvalue weighted by Crippen LogP contribution is -2.31. The molecule has 1 aromatic carbocycles. The summed E-state index contributed by atoms with van der Waals surface area (Å²) in [5, 5.41) is 10.8. The average molecular weight is 418 g/mol. The van der Waals surface area contributed by atoms with E-state index in [0.29, 0.717) is 5.92 Å². The van der Waals surface area contributed by atoms with Gasteiger partial charge in [0.1, 0.15) is 17.3 Å². The Morgan fingerprint density at radius 1 is 1.10 bits per heavy atom. The molecule has 1 saturated carbocycles. The molecule has 7 nitrogen and oxygen atoms in total. The SMILES string of the molecule is O=[N+]([O-])c1ccc(-c2ccc(CN3CCc4nc(C5CCCCC5)ncc4C3)o2)cc1. The van der Waals surface area contributed by atoms with Gasteiger partial charge in [0, 0.05) is 60.6 Å². The van der Waals surface area contributed by atoms with E-state index in [2.05, 4.69) is 4.90 Å². The number of rotatable bonds is 5. The number of hydrogen-bond donors (Lipinski definition) is 0. The second kappa shape index (κ2) is 8.59. The first-order chi connectivity index (χ1) is 15.2. The van der Waals surface area contributed by atoms with Crippen molar-refractivity contribution in [2.75, 3.05) is 6.54 Å². The molecule has 1 aliphatic carbocycles. The summed E-state index contributed by atoms with van der Waals surface area (Å²) < 4.78 is 6.02. The van der Waals surface area contributed by atoms with Crippen molar-refractivity contribution in [3.05, 3.63) is 75.6 Å². The van der Waals surface area contributed by atoms with Crippen LogP contribution in [0.3, 0.4) is 0 Å². The lowest BCUT2D eigenvalue weighted by Gasteiger charge is -2.28. The molecule has 1 aliphatic heterocycles. The topological polar surface area (TPSA) is 85.3 Å². The number of nitrogens with zero attached hydrogens (tertiary/aromatic N) is 4. The summed E-state index contributed by atoms with van der Waals surface area (Å²) in [5.41, 5.74) is 3.34. The standard InChI is InChI=1S/C24H26N4O3/c29-28(30)20-8-6-17(7-9-20)23-11-10-21(31-23)16-27-13-12-22-19(15-27)14-25-24(26-22)18-4-2-1-3-5-18/h6-11,14,18H,1-5,12-13,15-16H2. The second-order valence-electron chi connectivity index (χ2n) is 8.57. The second-order valence-corrected chi connectivity index (χ2v) is 8.57. The van der Waals surface area contributed by atoms with Gasteiger partial charge in [-0.3, -0.25) is 15.0 Å². The fourth-order valence-electron chi connectivity index (χ4n) is 4.67. The Labute approximate surface area is 181 Å². The highest BCUT2D eigenvalue weighted by Crippen LogP contribution is 2.32. The van der Waals surface area contributed by atoms with Crippen molar-refractivity contribution < 1.29 is 9.34 Å². The van der Waals surface area contributed by atoms with Crippen molar-refractivity contribution >= 4 is 5.69 Å². The monoisotopic (exact) mass is 418 g/mol. The molecule has 160 valence electrons. The third-order valence-corrected chi connectivity index (χ3v) is 6.41. The maximum absolute atomic E-state index is 10.8. The number of nitro benzene ring substituents is 1. The largest absolute Gasteiger partial charge is 0.460 e. The molecule has 0 atom stereocenters. The van der Waals surface area contributed by atoms with E-state index in [-0.39, 0.29) is 5.69 Å². The molecule has 3 aromatic rings. The first-order valence-corrected chi connectivity index (χ1v) is 11.1. The summed E-state index contributed by atoms with van der Waals surface area (Å²) in [5.74, 6) is 3.20. The van der Waals surface area contributed by atoms with E-state index < -0.39 is 4.92 Å². The molecule has 7 heteroatoms. The van der Waals surface area contributed by atoms with Crippen LogP contribution in [-0.4, -0.2) is 26.3 Å². The molecular formula is C24H26N4O3. The first kappa shape index (κ1) is 19.9. The number of nitro groups is 1. The van der Waals surface area contributed by atoms with Gasteiger partial charge in [0.05, 0.1) is 11.5 Å². The number of fused-ring (bicyclic) bond motifs is 1. The molecule has 2 aromatic heterocycles. The van der Waals surface area contributed by atoms with E-state index in [1.165, 1.54) is 55.5 Å². The molecule has 0 amide bonds. The minimum atomic E-state index is -0.395. The highest BCUT2D eigenvalue weighted by Gasteiger charge is 2.23. The predicted octanol–water partition coefficient (Wildman–Crippen LogP) is 5.25. The lowest BCUT2D eigenvalue weighted by molar-refractivity contribution is -0.384. The van der Waals surface area contributed by atoms with Gasteiger partial charge in [-0.05, 0) is 37.1 Å². The zero-order chi connectivity index (χ0) is 21.2. The summed E-state index contributed by atoms with van der Waals surface area (Å²) in [6, 6.07) is 10.3. The van der Waals surface area contributed by atoms with Crippen LogP contribution in [0.4, 0.5) is 5.69 Å². The van der Waals surface area contributed by atoms with Gasteiger partial charge in [-0.2, -0.15) is 0 Å². The number of non-ortho nitro benzene ring substituents is 1. The Hall–Kier alpha value is -3.06. The minimum absolute atomic E-state index is 0.0800. The summed E-state index contributed by atoms with van der Waals surface area (Å²) in [6.07, 6.45) is 9.35. The number of aromatic nitrogens is 2. The highest BCUT2D eigenvalue weighted by atomic mass is 16.6. The fraction of sp³-hybridized carbons (Fsp3) is 0.417. The molecule has 2 aliphatic rings. The summed E-state index contributed by atoms with van der Waals surface area (Å²) in [6.45, 7) is 2.49. The van der Waals surface area contributed by atoms with E-state index >= 15 is 0 Å². The van der Waals surface area contributed by atoms with Crippen molar-refractivity contribution in [3.8, 4) is 11.3 Å². The third kappa shape index (κ3) is 4.37. The van der Waals surface area contributed by atoms with E-state index in [1.54, 1.807) is 12.1 Å². The lowest BCUT2D eigenvalue weighted by atomic mass is 9.88. The van der Waals surface area contributed by atoms with Crippen LogP contribution in [0.2, 0.25) is 0 Å². The number of furan rings is 1. The normalized spacial score (nSPS) is 17.4. The van der Waals surface area contributed by atoms with E-state index in [0.717, 1.165) is 49.0 Å². The Bertz CT molecular complexity index is 1070. The van der Waals surface area contributed by atoms with Crippen LogP contribution in [0.1, 0.15) is 60.9 Å². The number of benzene rings is 1. The van der Waals surface area contributed by atoms with Crippen LogP contribution in [0.25, 0.3) is 11.3 Å². The van der Waals surface area contributed by atoms with Crippen molar-refractivity contribution in [1.82, 2.24) is 14.9 Å². The van der Waals surface area contributed by atoms with Crippen LogP contribution in [-0.2, 0) is 19.5 Å². The fourth-order valence-corrected chi connectivity index (χ4v) is 4.67. The van der Waals surface area contributed by atoms with Crippen molar-refractivity contribution in [2.45, 2.75) is 57.5 Å². The molecule has 0 unspecified atom stereocenters. The van der Waals surface area contributed by atoms with Crippen LogP contribution in [0.15, 0.2) is 47.0 Å². The highest BCUT2D eigenvalue weighted by molar-refractivity contribution is 5.59. The van der Waals surface area contributed by atoms with Crippen LogP contribution in [0.5, 0.6) is 0 Å². The Morgan fingerprint density at radius 2 is 1.90 bits per heavy atom. The van der Waals surface area contributed by atoms with Gasteiger partial charge in [-0.1, -0.05) is 19.3 Å². The van der Waals surface area contributed by atoms with Gasteiger partial charge >= 0.3 is 0 Å². The van der Waals surface area contributed by atoms with Gasteiger partial charge in [-0.15, -0.1) is 0 Å². The van der Waals surface area contributed by atoms with E-state index in [4.69, 9.17) is 14.4 Å². The molecule has 31 heavy (non-hydrogen) atoms. The Morgan fingerprint density at radius 3 is 2.68 bits per heavy atom. The molecule has 0 spiro atoms. The quantitative estimate of drug-likeness (QED) is 0.415. The molecule has 0 N–H and O–H groups in total. The molecule has 5 rings (SSSR count). The maximum Gasteiger partial charge on any atom is 0.269 e. The zero-order valence-electron chi connectivity index (χ0n) is 17.5.